The van der Waals surface area contributed by atoms with Crippen LogP contribution >= 0.6 is 15.9 Å². The van der Waals surface area contributed by atoms with E-state index in [1.54, 1.807) is 0 Å². The highest BCUT2D eigenvalue weighted by molar-refractivity contribution is 9.10. The number of carbonyl (C=O) groups excluding carboxylic acids is 2. The van der Waals surface area contributed by atoms with Crippen molar-refractivity contribution in [1.29, 1.82) is 0 Å². The van der Waals surface area contributed by atoms with Crippen LogP contribution in [0.1, 0.15) is 25.7 Å². The number of nitro benzene ring substituents is 1. The highest BCUT2D eigenvalue weighted by Gasteiger charge is 2.27. The average Bonchev–Trinajstić information content (AvgIpc) is 2.26. The van der Waals surface area contributed by atoms with Crippen LogP contribution < -0.4 is 0 Å². The Morgan fingerprint density at radius 2 is 1.79 bits per heavy atom. The van der Waals surface area contributed by atoms with Gasteiger partial charge in [-0.2, -0.15) is 0 Å². The number of benzene rings is 1. The molecule has 0 unspecified atom stereocenters. The minimum Gasteiger partial charge on any atom is -0.420 e. The normalized spacial score (nSPS) is 10.1. The number of hydrogen-bond donors (Lipinski definition) is 0. The van der Waals surface area contributed by atoms with Gasteiger partial charge in [-0.25, -0.2) is 0 Å². The fourth-order valence-electron chi connectivity index (χ4n) is 1.33. The Kier molecular flexibility index (Phi) is 4.99. The fourth-order valence-corrected chi connectivity index (χ4v) is 1.68. The van der Waals surface area contributed by atoms with E-state index in [0.29, 0.717) is 4.47 Å². The molecule has 0 amide bonds. The third kappa shape index (κ3) is 4.32. The Bertz CT molecular complexity index is 514. The maximum Gasteiger partial charge on any atom is 0.305 e. The molecular formula is C11H10BrNO6. The van der Waals surface area contributed by atoms with Crippen molar-refractivity contribution in [3.8, 4) is 0 Å². The van der Waals surface area contributed by atoms with Crippen LogP contribution in [0.3, 0.4) is 0 Å². The number of esters is 2. The Balaban J connectivity index is 3.24. The zero-order chi connectivity index (χ0) is 14.6. The summed E-state index contributed by atoms with van der Waals surface area (Å²) >= 11 is 3.10. The van der Waals surface area contributed by atoms with E-state index < -0.39 is 23.2 Å². The van der Waals surface area contributed by atoms with Gasteiger partial charge in [0.2, 0.25) is 0 Å². The van der Waals surface area contributed by atoms with Gasteiger partial charge < -0.3 is 9.47 Å². The summed E-state index contributed by atoms with van der Waals surface area (Å²) in [5.74, 6) is -1.44. The molecule has 1 aromatic carbocycles. The molecule has 0 aliphatic rings. The number of halogens is 1. The largest absolute Gasteiger partial charge is 0.420 e. The summed E-state index contributed by atoms with van der Waals surface area (Å²) in [5.41, 5.74) is -0.333. The van der Waals surface area contributed by atoms with Gasteiger partial charge in [-0.05, 0) is 12.1 Å². The molecule has 0 fully saturated rings. The Morgan fingerprint density at radius 1 is 1.26 bits per heavy atom. The molecule has 0 saturated carbocycles. The van der Waals surface area contributed by atoms with Crippen molar-refractivity contribution in [1.82, 2.24) is 0 Å². The maximum absolute atomic E-state index is 11.0. The van der Waals surface area contributed by atoms with Gasteiger partial charge in [-0.3, -0.25) is 19.7 Å². The molecule has 0 N–H and O–H groups in total. The molecule has 0 atom stereocenters. The van der Waals surface area contributed by atoms with E-state index >= 15 is 0 Å². The number of hydrogen-bond acceptors (Lipinski definition) is 6. The number of ether oxygens (including phenoxy) is 2. The molecule has 0 bridgehead atoms. The lowest BCUT2D eigenvalue weighted by atomic mass is 10.1. The van der Waals surface area contributed by atoms with E-state index in [0.717, 1.165) is 13.8 Å². The van der Waals surface area contributed by atoms with Gasteiger partial charge in [0, 0.05) is 24.4 Å². The predicted molar refractivity (Wildman–Crippen MR) is 67.1 cm³/mol. The second kappa shape index (κ2) is 6.28. The number of nitro groups is 1. The lowest BCUT2D eigenvalue weighted by Gasteiger charge is -2.16. The smallest absolute Gasteiger partial charge is 0.305 e. The molecule has 19 heavy (non-hydrogen) atoms. The Hall–Kier alpha value is -1.96. The van der Waals surface area contributed by atoms with Crippen molar-refractivity contribution in [2.24, 2.45) is 0 Å². The second-order valence-corrected chi connectivity index (χ2v) is 4.43. The van der Waals surface area contributed by atoms with Gasteiger partial charge in [0.25, 0.3) is 12.0 Å². The van der Waals surface area contributed by atoms with Crippen molar-refractivity contribution in [3.05, 3.63) is 38.3 Å². The van der Waals surface area contributed by atoms with Crippen LogP contribution in [-0.4, -0.2) is 16.9 Å². The van der Waals surface area contributed by atoms with Crippen LogP contribution in [0, 0.1) is 10.1 Å². The van der Waals surface area contributed by atoms with Crippen LogP contribution in [0.2, 0.25) is 0 Å². The highest BCUT2D eigenvalue weighted by Crippen LogP contribution is 2.31. The van der Waals surface area contributed by atoms with Gasteiger partial charge in [-0.1, -0.05) is 15.9 Å². The lowest BCUT2D eigenvalue weighted by molar-refractivity contribution is -0.386. The van der Waals surface area contributed by atoms with Crippen LogP contribution in [0.15, 0.2) is 22.7 Å². The van der Waals surface area contributed by atoms with E-state index in [9.17, 15) is 19.7 Å². The molecule has 0 radical (unpaired) electrons. The van der Waals surface area contributed by atoms with Gasteiger partial charge >= 0.3 is 11.9 Å². The van der Waals surface area contributed by atoms with Crippen LogP contribution in [0.4, 0.5) is 5.69 Å². The molecular weight excluding hydrogens is 322 g/mol. The molecule has 102 valence electrons. The van der Waals surface area contributed by atoms with E-state index in [1.807, 2.05) is 0 Å². The number of rotatable bonds is 4. The first-order valence-corrected chi connectivity index (χ1v) is 5.89. The van der Waals surface area contributed by atoms with Crippen molar-refractivity contribution in [3.63, 3.8) is 0 Å². The van der Waals surface area contributed by atoms with Gasteiger partial charge in [0.1, 0.15) is 5.56 Å². The predicted octanol–water partition coefficient (Wildman–Crippen LogP) is 2.48. The van der Waals surface area contributed by atoms with E-state index in [4.69, 9.17) is 9.47 Å². The molecule has 1 rings (SSSR count). The minimum atomic E-state index is -1.44. The van der Waals surface area contributed by atoms with Crippen LogP contribution in [-0.2, 0) is 19.1 Å². The summed E-state index contributed by atoms with van der Waals surface area (Å²) in [7, 11) is 0. The molecule has 0 aliphatic carbocycles. The third-order valence-corrected chi connectivity index (χ3v) is 2.48. The Labute approximate surface area is 116 Å². The summed E-state index contributed by atoms with van der Waals surface area (Å²) in [6, 6.07) is 4.09. The molecule has 0 aliphatic heterocycles. The van der Waals surface area contributed by atoms with Crippen molar-refractivity contribution in [2.75, 3.05) is 0 Å². The van der Waals surface area contributed by atoms with E-state index in [1.165, 1.54) is 18.2 Å². The summed E-state index contributed by atoms with van der Waals surface area (Å²) in [4.78, 5) is 32.2. The van der Waals surface area contributed by atoms with E-state index in [-0.39, 0.29) is 11.3 Å². The summed E-state index contributed by atoms with van der Waals surface area (Å²) < 4.78 is 10.0. The van der Waals surface area contributed by atoms with Crippen LogP contribution in [0.25, 0.3) is 0 Å². The second-order valence-electron chi connectivity index (χ2n) is 3.51. The SMILES string of the molecule is CC(=O)OC(OC(C)=O)c1ccc(Br)cc1[N+](=O)[O-]. The quantitative estimate of drug-likeness (QED) is 0.364. The zero-order valence-electron chi connectivity index (χ0n) is 10.1. The van der Waals surface area contributed by atoms with E-state index in [2.05, 4.69) is 15.9 Å². The first-order chi connectivity index (χ1) is 8.81. The summed E-state index contributed by atoms with van der Waals surface area (Å²) in [6.07, 6.45) is -1.44. The number of nitrogens with zero attached hydrogens (tertiary/aromatic N) is 1. The zero-order valence-corrected chi connectivity index (χ0v) is 11.7. The first kappa shape index (κ1) is 15.1. The minimum absolute atomic E-state index is 0.0152. The van der Waals surface area contributed by atoms with Crippen molar-refractivity contribution in [2.45, 2.75) is 20.1 Å². The van der Waals surface area contributed by atoms with Crippen molar-refractivity contribution < 1.29 is 24.0 Å². The number of carbonyl (C=O) groups is 2. The summed E-state index contributed by atoms with van der Waals surface area (Å²) in [6.45, 7) is 2.22. The molecule has 0 heterocycles. The van der Waals surface area contributed by atoms with Crippen LogP contribution in [0.5, 0.6) is 0 Å². The lowest BCUT2D eigenvalue weighted by Crippen LogP contribution is -2.16. The molecule has 1 aromatic rings. The molecule has 8 heteroatoms. The highest BCUT2D eigenvalue weighted by atomic mass is 79.9. The fraction of sp³-hybridized carbons (Fsp3) is 0.273. The third-order valence-electron chi connectivity index (χ3n) is 1.99. The van der Waals surface area contributed by atoms with Gasteiger partial charge in [0.15, 0.2) is 0 Å². The monoisotopic (exact) mass is 331 g/mol. The molecule has 0 saturated heterocycles. The Morgan fingerprint density at radius 3 is 2.21 bits per heavy atom. The van der Waals surface area contributed by atoms with Gasteiger partial charge in [0.05, 0.1) is 4.92 Å². The standard InChI is InChI=1S/C11H10BrNO6/c1-6(14)18-11(19-7(2)15)9-4-3-8(12)5-10(9)13(16)17/h3-5,11H,1-2H3. The van der Waals surface area contributed by atoms with Gasteiger partial charge in [-0.15, -0.1) is 0 Å². The molecule has 0 aromatic heterocycles. The average molecular weight is 332 g/mol. The van der Waals surface area contributed by atoms with Crippen molar-refractivity contribution >= 4 is 33.6 Å². The maximum atomic E-state index is 11.0. The first-order valence-electron chi connectivity index (χ1n) is 5.09. The molecule has 0 spiro atoms. The summed E-state index contributed by atoms with van der Waals surface area (Å²) in [5, 5.41) is 11.0. The molecule has 7 nitrogen and oxygen atoms in total. The topological polar surface area (TPSA) is 95.7 Å².